The van der Waals surface area contributed by atoms with Gasteiger partial charge in [-0.1, -0.05) is 39.8 Å². The first-order chi connectivity index (χ1) is 6.80. The van der Waals surface area contributed by atoms with Crippen LogP contribution in [0.2, 0.25) is 0 Å². The Balaban J connectivity index is 2.76. The highest BCUT2D eigenvalue weighted by atomic mass is 16.5. The Morgan fingerprint density at radius 1 is 1.33 bits per heavy atom. The number of nitrogens with two attached hydrogens (primary N) is 1. The van der Waals surface area contributed by atoms with Crippen LogP contribution in [-0.4, -0.2) is 10.1 Å². The van der Waals surface area contributed by atoms with E-state index in [1.165, 1.54) is 0 Å². The Morgan fingerprint density at radius 2 is 1.93 bits per heavy atom. The normalized spacial score (nSPS) is 14.6. The molecule has 0 fully saturated rings. The van der Waals surface area contributed by atoms with Crippen LogP contribution < -0.4 is 5.73 Å². The first-order valence-electron chi connectivity index (χ1n) is 5.40. The van der Waals surface area contributed by atoms with Crippen molar-refractivity contribution in [2.45, 2.75) is 52.5 Å². The van der Waals surface area contributed by atoms with Crippen molar-refractivity contribution >= 4 is 0 Å². The largest absolute Gasteiger partial charge is 0.338 e. The van der Waals surface area contributed by atoms with Crippen LogP contribution in [0.3, 0.4) is 0 Å². The molecule has 1 aromatic rings. The number of aromatic nitrogens is 2. The van der Waals surface area contributed by atoms with Crippen LogP contribution in [-0.2, 0) is 5.41 Å². The van der Waals surface area contributed by atoms with Crippen molar-refractivity contribution in [2.75, 3.05) is 0 Å². The molecule has 0 aliphatic carbocycles. The first-order valence-corrected chi connectivity index (χ1v) is 5.40. The van der Waals surface area contributed by atoms with E-state index in [-0.39, 0.29) is 11.5 Å². The summed E-state index contributed by atoms with van der Waals surface area (Å²) >= 11 is 0. The van der Waals surface area contributed by atoms with Gasteiger partial charge in [0.05, 0.1) is 6.04 Å². The maximum absolute atomic E-state index is 5.96. The van der Waals surface area contributed by atoms with Crippen molar-refractivity contribution in [1.29, 1.82) is 0 Å². The van der Waals surface area contributed by atoms with Gasteiger partial charge in [0.1, 0.15) is 0 Å². The minimum atomic E-state index is -0.145. The minimum absolute atomic E-state index is 0.0840. The Hall–Kier alpha value is -0.900. The molecule has 1 unspecified atom stereocenters. The molecule has 0 aliphatic rings. The summed E-state index contributed by atoms with van der Waals surface area (Å²) in [6, 6.07) is -0.145. The monoisotopic (exact) mass is 211 g/mol. The van der Waals surface area contributed by atoms with Crippen LogP contribution in [0.4, 0.5) is 0 Å². The lowest BCUT2D eigenvalue weighted by molar-refractivity contribution is 0.328. The van der Waals surface area contributed by atoms with E-state index in [0.29, 0.717) is 11.8 Å². The van der Waals surface area contributed by atoms with E-state index in [1.807, 2.05) is 0 Å². The fraction of sp³-hybridized carbons (Fsp3) is 0.818. The Kier molecular flexibility index (Phi) is 3.50. The minimum Gasteiger partial charge on any atom is -0.338 e. The number of rotatable bonds is 3. The predicted octanol–water partition coefficient (Wildman–Crippen LogP) is 2.41. The molecule has 4 nitrogen and oxygen atoms in total. The van der Waals surface area contributed by atoms with E-state index < -0.39 is 0 Å². The van der Waals surface area contributed by atoms with Crippen molar-refractivity contribution in [1.82, 2.24) is 10.1 Å². The smallest absolute Gasteiger partial charge is 0.243 e. The SMILES string of the molecule is CC(C)CC(N)c1nc(C(C)(C)C)no1. The van der Waals surface area contributed by atoms with Gasteiger partial charge >= 0.3 is 0 Å². The van der Waals surface area contributed by atoms with Gasteiger partial charge in [0.25, 0.3) is 0 Å². The quantitative estimate of drug-likeness (QED) is 0.833. The molecule has 1 rings (SSSR count). The summed E-state index contributed by atoms with van der Waals surface area (Å²) < 4.78 is 5.17. The highest BCUT2D eigenvalue weighted by molar-refractivity contribution is 5.01. The van der Waals surface area contributed by atoms with Gasteiger partial charge < -0.3 is 10.3 Å². The van der Waals surface area contributed by atoms with Gasteiger partial charge in [-0.3, -0.25) is 0 Å². The van der Waals surface area contributed by atoms with Gasteiger partial charge in [-0.2, -0.15) is 4.98 Å². The molecule has 0 spiro atoms. The van der Waals surface area contributed by atoms with Crippen molar-refractivity contribution < 1.29 is 4.52 Å². The zero-order valence-corrected chi connectivity index (χ0v) is 10.2. The van der Waals surface area contributed by atoms with E-state index in [0.717, 1.165) is 12.2 Å². The third-order valence-electron chi connectivity index (χ3n) is 2.16. The first kappa shape index (κ1) is 12.2. The Bertz CT molecular complexity index is 312. The summed E-state index contributed by atoms with van der Waals surface area (Å²) in [6.45, 7) is 10.4. The highest BCUT2D eigenvalue weighted by Gasteiger charge is 2.23. The lowest BCUT2D eigenvalue weighted by Gasteiger charge is -2.11. The van der Waals surface area contributed by atoms with Crippen LogP contribution in [0.1, 0.15) is 58.8 Å². The van der Waals surface area contributed by atoms with Crippen molar-refractivity contribution in [2.24, 2.45) is 11.7 Å². The molecule has 2 N–H and O–H groups in total. The van der Waals surface area contributed by atoms with Gasteiger partial charge in [-0.15, -0.1) is 0 Å². The second-order valence-corrected chi connectivity index (χ2v) is 5.44. The van der Waals surface area contributed by atoms with E-state index in [1.54, 1.807) is 0 Å². The maximum atomic E-state index is 5.96. The summed E-state index contributed by atoms with van der Waals surface area (Å²) in [5.74, 6) is 1.80. The van der Waals surface area contributed by atoms with Crippen molar-refractivity contribution in [3.63, 3.8) is 0 Å². The number of nitrogens with zero attached hydrogens (tertiary/aromatic N) is 2. The van der Waals surface area contributed by atoms with Gasteiger partial charge in [0.2, 0.25) is 5.89 Å². The number of hydrogen-bond acceptors (Lipinski definition) is 4. The molecule has 1 atom stereocenters. The van der Waals surface area contributed by atoms with Gasteiger partial charge in [-0.05, 0) is 12.3 Å². The van der Waals surface area contributed by atoms with Crippen LogP contribution >= 0.6 is 0 Å². The lowest BCUT2D eigenvalue weighted by Crippen LogP contribution is -2.16. The van der Waals surface area contributed by atoms with E-state index in [4.69, 9.17) is 10.3 Å². The average molecular weight is 211 g/mol. The predicted molar refractivity (Wildman–Crippen MR) is 59.4 cm³/mol. The summed E-state index contributed by atoms with van der Waals surface area (Å²) in [7, 11) is 0. The molecule has 0 aromatic carbocycles. The van der Waals surface area contributed by atoms with Gasteiger partial charge in [0.15, 0.2) is 5.82 Å². The zero-order valence-electron chi connectivity index (χ0n) is 10.2. The Labute approximate surface area is 91.2 Å². The average Bonchev–Trinajstić information content (AvgIpc) is 2.48. The third kappa shape index (κ3) is 3.30. The molecule has 0 radical (unpaired) electrons. The molecule has 0 bridgehead atoms. The topological polar surface area (TPSA) is 64.9 Å². The molecular weight excluding hydrogens is 190 g/mol. The zero-order chi connectivity index (χ0) is 11.6. The van der Waals surface area contributed by atoms with Gasteiger partial charge in [-0.25, -0.2) is 0 Å². The summed E-state index contributed by atoms with van der Waals surface area (Å²) in [5.41, 5.74) is 5.87. The highest BCUT2D eigenvalue weighted by Crippen LogP contribution is 2.22. The molecule has 0 saturated heterocycles. The standard InChI is InChI=1S/C11H21N3O/c1-7(2)6-8(12)9-13-10(14-15-9)11(3,4)5/h7-8H,6,12H2,1-5H3. The summed E-state index contributed by atoms with van der Waals surface area (Å²) in [5, 5.41) is 3.95. The molecule has 0 aliphatic heterocycles. The fourth-order valence-electron chi connectivity index (χ4n) is 1.30. The summed E-state index contributed by atoms with van der Waals surface area (Å²) in [4.78, 5) is 4.33. The van der Waals surface area contributed by atoms with Crippen LogP contribution in [0, 0.1) is 5.92 Å². The molecule has 0 amide bonds. The molecule has 1 aromatic heterocycles. The molecule has 1 heterocycles. The molecule has 86 valence electrons. The van der Waals surface area contributed by atoms with Crippen molar-refractivity contribution in [3.05, 3.63) is 11.7 Å². The van der Waals surface area contributed by atoms with Crippen LogP contribution in [0.5, 0.6) is 0 Å². The van der Waals surface area contributed by atoms with Crippen molar-refractivity contribution in [3.8, 4) is 0 Å². The van der Waals surface area contributed by atoms with E-state index in [2.05, 4.69) is 44.8 Å². The molecular formula is C11H21N3O. The van der Waals surface area contributed by atoms with Gasteiger partial charge in [0, 0.05) is 5.41 Å². The van der Waals surface area contributed by atoms with Crippen LogP contribution in [0.25, 0.3) is 0 Å². The Morgan fingerprint density at radius 3 is 2.33 bits per heavy atom. The van der Waals surface area contributed by atoms with E-state index in [9.17, 15) is 0 Å². The maximum Gasteiger partial charge on any atom is 0.243 e. The lowest BCUT2D eigenvalue weighted by atomic mass is 9.96. The van der Waals surface area contributed by atoms with Crippen LogP contribution in [0.15, 0.2) is 4.52 Å². The fourth-order valence-corrected chi connectivity index (χ4v) is 1.30. The van der Waals surface area contributed by atoms with E-state index >= 15 is 0 Å². The third-order valence-corrected chi connectivity index (χ3v) is 2.16. The summed E-state index contributed by atoms with van der Waals surface area (Å²) in [6.07, 6.45) is 0.867. The molecule has 4 heteroatoms. The second kappa shape index (κ2) is 4.31. The molecule has 15 heavy (non-hydrogen) atoms. The number of hydrogen-bond donors (Lipinski definition) is 1. The molecule has 0 saturated carbocycles. The second-order valence-electron chi connectivity index (χ2n) is 5.44.